The summed E-state index contributed by atoms with van der Waals surface area (Å²) in [5.74, 6) is 2.50. The highest BCUT2D eigenvalue weighted by atomic mass is 16.5. The van der Waals surface area contributed by atoms with E-state index in [1.807, 2.05) is 24.3 Å². The van der Waals surface area contributed by atoms with Crippen LogP contribution in [0.25, 0.3) is 0 Å². The molecule has 3 atom stereocenters. The van der Waals surface area contributed by atoms with E-state index < -0.39 is 0 Å². The molecule has 1 aromatic carbocycles. The third-order valence-electron chi connectivity index (χ3n) is 5.40. The van der Waals surface area contributed by atoms with E-state index in [1.54, 1.807) is 0 Å². The Morgan fingerprint density at radius 3 is 2.77 bits per heavy atom. The van der Waals surface area contributed by atoms with E-state index in [0.717, 1.165) is 55.5 Å². The summed E-state index contributed by atoms with van der Waals surface area (Å²) in [6.45, 7) is 9.67. The lowest BCUT2D eigenvalue weighted by molar-refractivity contribution is 0.139. The predicted octanol–water partition coefficient (Wildman–Crippen LogP) is 3.57. The lowest BCUT2D eigenvalue weighted by atomic mass is 9.92. The summed E-state index contributed by atoms with van der Waals surface area (Å²) in [6, 6.07) is 7.90. The number of para-hydroxylation sites is 1. The van der Waals surface area contributed by atoms with Crippen LogP contribution in [0.2, 0.25) is 0 Å². The first kappa shape index (κ1) is 19.0. The molecule has 5 nitrogen and oxygen atoms in total. The van der Waals surface area contributed by atoms with Crippen LogP contribution in [0.4, 0.5) is 4.79 Å². The molecule has 0 saturated carbocycles. The van der Waals surface area contributed by atoms with Crippen LogP contribution < -0.4 is 15.4 Å². The molecule has 0 spiro atoms. The highest BCUT2D eigenvalue weighted by molar-refractivity contribution is 5.74. The topological polar surface area (TPSA) is 53.6 Å². The molecule has 0 bridgehead atoms. The number of likely N-dealkylation sites (tertiary alicyclic amines) is 1. The Bertz CT molecular complexity index is 582. The van der Waals surface area contributed by atoms with E-state index in [0.29, 0.717) is 6.61 Å². The molecule has 26 heavy (non-hydrogen) atoms. The van der Waals surface area contributed by atoms with Crippen LogP contribution >= 0.6 is 0 Å². The molecule has 144 valence electrons. The van der Waals surface area contributed by atoms with Gasteiger partial charge < -0.3 is 20.3 Å². The third-order valence-corrected chi connectivity index (χ3v) is 5.40. The van der Waals surface area contributed by atoms with Crippen LogP contribution in [0.1, 0.15) is 51.1 Å². The number of hydrogen-bond donors (Lipinski definition) is 2. The first-order chi connectivity index (χ1) is 12.6. The molecule has 2 aliphatic rings. The number of carbonyl (C=O) groups excluding carboxylic acids is 1. The normalized spacial score (nSPS) is 25.8. The van der Waals surface area contributed by atoms with Crippen molar-refractivity contribution >= 4 is 6.03 Å². The molecule has 1 saturated heterocycles. The van der Waals surface area contributed by atoms with Crippen molar-refractivity contribution in [2.24, 2.45) is 11.8 Å². The maximum absolute atomic E-state index is 12.2. The number of nitrogens with one attached hydrogen (secondary N) is 2. The molecular weight excluding hydrogens is 326 g/mol. The molecule has 3 unspecified atom stereocenters. The molecule has 0 radical (unpaired) electrons. The van der Waals surface area contributed by atoms with Gasteiger partial charge in [-0.25, -0.2) is 4.79 Å². The van der Waals surface area contributed by atoms with Gasteiger partial charge in [0.1, 0.15) is 5.75 Å². The molecule has 2 N–H and O–H groups in total. The number of piperidine rings is 1. The highest BCUT2D eigenvalue weighted by Gasteiger charge is 2.23. The number of carbonyl (C=O) groups is 1. The number of benzene rings is 1. The van der Waals surface area contributed by atoms with E-state index in [4.69, 9.17) is 4.74 Å². The lowest BCUT2D eigenvalue weighted by Gasteiger charge is -2.34. The minimum atomic E-state index is -0.0769. The summed E-state index contributed by atoms with van der Waals surface area (Å²) in [5, 5.41) is 6.09. The molecular formula is C21H33N3O2. The van der Waals surface area contributed by atoms with Gasteiger partial charge in [-0.15, -0.1) is 0 Å². The fraction of sp³-hybridized carbons (Fsp3) is 0.667. The first-order valence-corrected chi connectivity index (χ1v) is 10.1. The Morgan fingerprint density at radius 2 is 1.96 bits per heavy atom. The zero-order valence-electron chi connectivity index (χ0n) is 16.2. The number of unbranched alkanes of at least 4 members (excludes halogenated alkanes) is 1. The largest absolute Gasteiger partial charge is 0.493 e. The standard InChI is InChI=1S/C21H33N3O2/c1-16-13-17(2)15-24(14-16)11-6-5-10-22-21(25)23-19-9-12-26-20-8-4-3-7-18(19)20/h3-4,7-8,16-17,19H,5-6,9-15H2,1-2H3,(H2,22,23,25). The molecule has 5 heteroatoms. The molecule has 1 aromatic rings. The average molecular weight is 360 g/mol. The van der Waals surface area contributed by atoms with E-state index in [1.165, 1.54) is 19.5 Å². The van der Waals surface area contributed by atoms with Gasteiger partial charge in [-0.2, -0.15) is 0 Å². The summed E-state index contributed by atoms with van der Waals surface area (Å²) in [6.07, 6.45) is 4.33. The molecule has 0 aliphatic carbocycles. The Kier molecular flexibility index (Phi) is 6.78. The molecule has 0 aromatic heterocycles. The van der Waals surface area contributed by atoms with Gasteiger partial charge in [-0.3, -0.25) is 0 Å². The smallest absolute Gasteiger partial charge is 0.315 e. The second-order valence-electron chi connectivity index (χ2n) is 8.04. The zero-order chi connectivity index (χ0) is 18.4. The molecule has 2 amide bonds. The maximum atomic E-state index is 12.2. The van der Waals surface area contributed by atoms with E-state index in [9.17, 15) is 4.79 Å². The Hall–Kier alpha value is -1.75. The Balaban J connectivity index is 1.33. The number of rotatable bonds is 6. The molecule has 3 rings (SSSR count). The average Bonchev–Trinajstić information content (AvgIpc) is 2.61. The van der Waals surface area contributed by atoms with Crippen LogP contribution in [0, 0.1) is 11.8 Å². The summed E-state index contributed by atoms with van der Waals surface area (Å²) in [5.41, 5.74) is 1.07. The predicted molar refractivity (Wildman–Crippen MR) is 104 cm³/mol. The fourth-order valence-electron chi connectivity index (χ4n) is 4.34. The Labute approximate surface area is 157 Å². The van der Waals surface area contributed by atoms with Gasteiger partial charge in [0.2, 0.25) is 0 Å². The van der Waals surface area contributed by atoms with E-state index in [2.05, 4.69) is 29.4 Å². The lowest BCUT2D eigenvalue weighted by Crippen LogP contribution is -2.41. The quantitative estimate of drug-likeness (QED) is 0.764. The van der Waals surface area contributed by atoms with Gasteiger partial charge in [0.15, 0.2) is 0 Å². The fourth-order valence-corrected chi connectivity index (χ4v) is 4.34. The van der Waals surface area contributed by atoms with Crippen molar-refractivity contribution in [3.8, 4) is 5.75 Å². The van der Waals surface area contributed by atoms with Gasteiger partial charge in [0.05, 0.1) is 12.6 Å². The van der Waals surface area contributed by atoms with Crippen LogP contribution in [0.3, 0.4) is 0 Å². The third kappa shape index (κ3) is 5.37. The number of ether oxygens (including phenoxy) is 1. The van der Waals surface area contributed by atoms with Gasteiger partial charge in [-0.1, -0.05) is 32.0 Å². The molecule has 2 aliphatic heterocycles. The van der Waals surface area contributed by atoms with Crippen LogP contribution in [-0.2, 0) is 0 Å². The zero-order valence-corrected chi connectivity index (χ0v) is 16.2. The highest BCUT2D eigenvalue weighted by Crippen LogP contribution is 2.31. The van der Waals surface area contributed by atoms with Gasteiger partial charge >= 0.3 is 6.03 Å². The van der Waals surface area contributed by atoms with Crippen LogP contribution in [0.15, 0.2) is 24.3 Å². The summed E-state index contributed by atoms with van der Waals surface area (Å²) >= 11 is 0. The summed E-state index contributed by atoms with van der Waals surface area (Å²) < 4.78 is 5.64. The SMILES string of the molecule is CC1CC(C)CN(CCCCNC(=O)NC2CCOc3ccccc32)C1. The van der Waals surface area contributed by atoms with E-state index in [-0.39, 0.29) is 12.1 Å². The van der Waals surface area contributed by atoms with Crippen molar-refractivity contribution in [1.29, 1.82) is 0 Å². The van der Waals surface area contributed by atoms with E-state index >= 15 is 0 Å². The van der Waals surface area contributed by atoms with Crippen molar-refractivity contribution in [3.63, 3.8) is 0 Å². The van der Waals surface area contributed by atoms with Gasteiger partial charge in [0.25, 0.3) is 0 Å². The number of nitrogens with zero attached hydrogens (tertiary/aromatic N) is 1. The molecule has 1 fully saturated rings. The van der Waals surface area contributed by atoms with Gasteiger partial charge in [0, 0.05) is 31.6 Å². The van der Waals surface area contributed by atoms with Gasteiger partial charge in [-0.05, 0) is 43.7 Å². The number of fused-ring (bicyclic) bond motifs is 1. The van der Waals surface area contributed by atoms with Crippen LogP contribution in [-0.4, -0.2) is 43.7 Å². The molecule has 2 heterocycles. The number of hydrogen-bond acceptors (Lipinski definition) is 3. The van der Waals surface area contributed by atoms with Crippen molar-refractivity contribution in [2.75, 3.05) is 32.8 Å². The number of urea groups is 1. The number of amides is 2. The van der Waals surface area contributed by atoms with Crippen LogP contribution in [0.5, 0.6) is 5.75 Å². The van der Waals surface area contributed by atoms with Crippen molar-refractivity contribution in [2.45, 2.75) is 45.6 Å². The minimum absolute atomic E-state index is 0.0382. The van der Waals surface area contributed by atoms with Crippen molar-refractivity contribution < 1.29 is 9.53 Å². The maximum Gasteiger partial charge on any atom is 0.315 e. The minimum Gasteiger partial charge on any atom is -0.493 e. The second kappa shape index (κ2) is 9.26. The Morgan fingerprint density at radius 1 is 1.19 bits per heavy atom. The van der Waals surface area contributed by atoms with Crippen molar-refractivity contribution in [1.82, 2.24) is 15.5 Å². The second-order valence-corrected chi connectivity index (χ2v) is 8.04. The summed E-state index contributed by atoms with van der Waals surface area (Å²) in [4.78, 5) is 14.8. The first-order valence-electron chi connectivity index (χ1n) is 10.1. The summed E-state index contributed by atoms with van der Waals surface area (Å²) in [7, 11) is 0. The van der Waals surface area contributed by atoms with Crippen molar-refractivity contribution in [3.05, 3.63) is 29.8 Å². The monoisotopic (exact) mass is 359 g/mol.